The number of urea groups is 1. The zero-order valence-electron chi connectivity index (χ0n) is 19.0. The maximum absolute atomic E-state index is 13.4. The van der Waals surface area contributed by atoms with Crippen LogP contribution in [0.1, 0.15) is 29.5 Å². The fourth-order valence-electron chi connectivity index (χ4n) is 5.59. The lowest BCUT2D eigenvalue weighted by Gasteiger charge is -2.58. The van der Waals surface area contributed by atoms with Crippen LogP contribution in [0.2, 0.25) is 0 Å². The molecule has 32 heavy (non-hydrogen) atoms. The van der Waals surface area contributed by atoms with Crippen LogP contribution in [0.3, 0.4) is 0 Å². The van der Waals surface area contributed by atoms with Gasteiger partial charge in [0.1, 0.15) is 5.75 Å². The van der Waals surface area contributed by atoms with E-state index in [9.17, 15) is 4.79 Å². The fraction of sp³-hybridized carbons (Fsp3) is 0.385. The number of carbonyl (C=O) groups is 1. The average Bonchev–Trinajstić information content (AvgIpc) is 2.81. The Morgan fingerprint density at radius 3 is 2.78 bits per heavy atom. The van der Waals surface area contributed by atoms with Gasteiger partial charge in [-0.3, -0.25) is 0 Å². The number of benzene rings is 2. The number of carbonyl (C=O) groups excluding carboxylic acids is 1. The molecule has 1 N–H and O–H groups in total. The number of nitriles is 1. The standard InChI is InChI=1S/C26H30N4O2/c1-5-12-26-13-14-29(2)23(15-19-8-11-21(32-4)16-22(19)26)24(26)30(3)25(31)28-20-9-6-18(17-27)7-10-20/h5-11,16,23-24H,1,12-15H2,2-4H3,(H,28,31)/t23?,24-,26+/m0/s1. The minimum Gasteiger partial charge on any atom is -0.497 e. The Hall–Kier alpha value is -3.30. The second kappa shape index (κ2) is 8.68. The molecular weight excluding hydrogens is 400 g/mol. The maximum Gasteiger partial charge on any atom is 0.321 e. The van der Waals surface area contributed by atoms with Gasteiger partial charge in [-0.15, -0.1) is 6.58 Å². The smallest absolute Gasteiger partial charge is 0.321 e. The first-order valence-corrected chi connectivity index (χ1v) is 11.0. The Kier molecular flexibility index (Phi) is 5.94. The van der Waals surface area contributed by atoms with Crippen LogP contribution in [0.25, 0.3) is 0 Å². The fourth-order valence-corrected chi connectivity index (χ4v) is 5.59. The van der Waals surface area contributed by atoms with E-state index in [2.05, 4.69) is 42.0 Å². The Balaban J connectivity index is 1.72. The van der Waals surface area contributed by atoms with Crippen LogP contribution in [0.5, 0.6) is 5.75 Å². The molecule has 6 heteroatoms. The number of ether oxygens (including phenoxy) is 1. The quantitative estimate of drug-likeness (QED) is 0.723. The Labute approximate surface area is 190 Å². The molecule has 166 valence electrons. The molecule has 1 unspecified atom stereocenters. The highest BCUT2D eigenvalue weighted by molar-refractivity contribution is 5.89. The van der Waals surface area contributed by atoms with Crippen molar-refractivity contribution >= 4 is 11.7 Å². The molecule has 0 spiro atoms. The molecule has 2 aromatic carbocycles. The predicted molar refractivity (Wildman–Crippen MR) is 126 cm³/mol. The number of likely N-dealkylation sites (N-methyl/N-ethyl adjacent to an activating group) is 2. The molecule has 2 aliphatic rings. The van der Waals surface area contributed by atoms with Crippen molar-refractivity contribution < 1.29 is 9.53 Å². The van der Waals surface area contributed by atoms with Gasteiger partial charge in [-0.05, 0) is 80.4 Å². The van der Waals surface area contributed by atoms with Crippen LogP contribution in [0.4, 0.5) is 10.5 Å². The van der Waals surface area contributed by atoms with Crippen LogP contribution in [0.15, 0.2) is 55.1 Å². The average molecular weight is 431 g/mol. The lowest BCUT2D eigenvalue weighted by molar-refractivity contribution is 0.0142. The summed E-state index contributed by atoms with van der Waals surface area (Å²) < 4.78 is 5.55. The molecular formula is C26H30N4O2. The van der Waals surface area contributed by atoms with Gasteiger partial charge in [-0.25, -0.2) is 4.79 Å². The summed E-state index contributed by atoms with van der Waals surface area (Å²) in [6.45, 7) is 5.03. The Morgan fingerprint density at radius 1 is 1.38 bits per heavy atom. The molecule has 6 nitrogen and oxygen atoms in total. The van der Waals surface area contributed by atoms with Crippen LogP contribution in [-0.2, 0) is 11.8 Å². The lowest BCUT2D eigenvalue weighted by Crippen LogP contribution is -2.68. The highest BCUT2D eigenvalue weighted by Gasteiger charge is 2.54. The molecule has 1 heterocycles. The summed E-state index contributed by atoms with van der Waals surface area (Å²) in [5, 5.41) is 12.0. The molecule has 4 rings (SSSR count). The number of allylic oxidation sites excluding steroid dienone is 1. The highest BCUT2D eigenvalue weighted by Crippen LogP contribution is 2.50. The van der Waals surface area contributed by atoms with Crippen molar-refractivity contribution in [2.45, 2.75) is 36.8 Å². The zero-order valence-corrected chi connectivity index (χ0v) is 19.0. The van der Waals surface area contributed by atoms with E-state index >= 15 is 0 Å². The van der Waals surface area contributed by atoms with Crippen molar-refractivity contribution in [1.29, 1.82) is 5.26 Å². The minimum absolute atomic E-state index is 0.0164. The van der Waals surface area contributed by atoms with E-state index in [1.165, 1.54) is 11.1 Å². The molecule has 2 bridgehead atoms. The Bertz CT molecular complexity index is 1060. The third kappa shape index (κ3) is 3.63. The molecule has 1 aliphatic heterocycles. The summed E-state index contributed by atoms with van der Waals surface area (Å²) in [5.41, 5.74) is 3.61. The highest BCUT2D eigenvalue weighted by atomic mass is 16.5. The summed E-state index contributed by atoms with van der Waals surface area (Å²) in [6.07, 6.45) is 4.59. The van der Waals surface area contributed by atoms with E-state index in [0.717, 1.165) is 31.6 Å². The summed E-state index contributed by atoms with van der Waals surface area (Å²) in [7, 11) is 5.73. The minimum atomic E-state index is -0.224. The first-order valence-electron chi connectivity index (χ1n) is 11.0. The van der Waals surface area contributed by atoms with Gasteiger partial charge < -0.3 is 19.9 Å². The van der Waals surface area contributed by atoms with Gasteiger partial charge >= 0.3 is 6.03 Å². The number of hydrogen-bond acceptors (Lipinski definition) is 4. The van der Waals surface area contributed by atoms with Crippen LogP contribution in [-0.4, -0.2) is 55.7 Å². The van der Waals surface area contributed by atoms with Crippen molar-refractivity contribution in [2.24, 2.45) is 0 Å². The summed E-state index contributed by atoms with van der Waals surface area (Å²) >= 11 is 0. The Morgan fingerprint density at radius 2 is 2.12 bits per heavy atom. The maximum atomic E-state index is 13.4. The predicted octanol–water partition coefficient (Wildman–Crippen LogP) is 4.17. The number of fused-ring (bicyclic) bond motifs is 4. The van der Waals surface area contributed by atoms with Gasteiger partial charge in [0.2, 0.25) is 0 Å². The van der Waals surface area contributed by atoms with E-state index < -0.39 is 0 Å². The number of methoxy groups -OCH3 is 1. The van der Waals surface area contributed by atoms with Gasteiger partial charge in [0.25, 0.3) is 0 Å². The van der Waals surface area contributed by atoms with Crippen LogP contribution >= 0.6 is 0 Å². The van der Waals surface area contributed by atoms with Crippen LogP contribution in [0, 0.1) is 11.3 Å². The van der Waals surface area contributed by atoms with Crippen LogP contribution < -0.4 is 10.1 Å². The van der Waals surface area contributed by atoms with Gasteiger partial charge in [0.05, 0.1) is 24.8 Å². The topological polar surface area (TPSA) is 68.6 Å². The first kappa shape index (κ1) is 21.9. The molecule has 0 radical (unpaired) electrons. The van der Waals surface area contributed by atoms with Gasteiger partial charge in [-0.1, -0.05) is 12.1 Å². The van der Waals surface area contributed by atoms with E-state index in [1.54, 1.807) is 31.4 Å². The lowest BCUT2D eigenvalue weighted by atomic mass is 9.58. The number of amides is 2. The summed E-state index contributed by atoms with van der Waals surface area (Å²) in [4.78, 5) is 17.6. The van der Waals surface area contributed by atoms with Gasteiger partial charge in [0.15, 0.2) is 0 Å². The van der Waals surface area contributed by atoms with Crippen molar-refractivity contribution in [2.75, 3.05) is 33.1 Å². The monoisotopic (exact) mass is 430 g/mol. The second-order valence-electron chi connectivity index (χ2n) is 8.85. The number of piperidine rings is 1. The summed E-state index contributed by atoms with van der Waals surface area (Å²) in [6, 6.07) is 15.4. The van der Waals surface area contributed by atoms with Gasteiger partial charge in [0, 0.05) is 24.2 Å². The van der Waals surface area contributed by atoms with Gasteiger partial charge in [-0.2, -0.15) is 5.26 Å². The van der Waals surface area contributed by atoms with Crippen molar-refractivity contribution in [3.05, 3.63) is 71.8 Å². The van der Waals surface area contributed by atoms with Crippen molar-refractivity contribution in [3.8, 4) is 11.8 Å². The number of likely N-dealkylation sites (tertiary alicyclic amines) is 1. The molecule has 1 saturated heterocycles. The third-order valence-corrected chi connectivity index (χ3v) is 7.20. The van der Waals surface area contributed by atoms with Crippen molar-refractivity contribution in [3.63, 3.8) is 0 Å². The SMILES string of the molecule is C=CC[C@@]12CCN(C)C(Cc3ccc(OC)cc31)[C@@H]2N(C)C(=O)Nc1ccc(C#N)cc1. The van der Waals surface area contributed by atoms with Crippen molar-refractivity contribution in [1.82, 2.24) is 9.80 Å². The number of anilines is 1. The molecule has 2 aromatic rings. The number of hydrogen-bond donors (Lipinski definition) is 1. The van der Waals surface area contributed by atoms with E-state index in [1.807, 2.05) is 24.1 Å². The van der Waals surface area contributed by atoms with E-state index in [0.29, 0.717) is 11.3 Å². The third-order valence-electron chi connectivity index (χ3n) is 7.20. The molecule has 1 aliphatic carbocycles. The molecule has 2 amide bonds. The second-order valence-corrected chi connectivity index (χ2v) is 8.85. The number of rotatable bonds is 5. The van der Waals surface area contributed by atoms with E-state index in [-0.39, 0.29) is 23.5 Å². The van der Waals surface area contributed by atoms with E-state index in [4.69, 9.17) is 10.00 Å². The largest absolute Gasteiger partial charge is 0.497 e. The summed E-state index contributed by atoms with van der Waals surface area (Å²) in [5.74, 6) is 0.841. The normalized spacial score (nSPS) is 24.1. The molecule has 0 saturated carbocycles. The number of nitrogens with zero attached hydrogens (tertiary/aromatic N) is 3. The molecule has 0 aromatic heterocycles. The molecule has 1 fully saturated rings. The first-order chi connectivity index (χ1) is 15.4. The molecule has 3 atom stereocenters. The zero-order chi connectivity index (χ0) is 22.9. The number of nitrogens with one attached hydrogen (secondary N) is 1.